The predicted octanol–water partition coefficient (Wildman–Crippen LogP) is 3.11. The van der Waals surface area contributed by atoms with Gasteiger partial charge in [0.25, 0.3) is 0 Å². The molecule has 0 bridgehead atoms. The van der Waals surface area contributed by atoms with Gasteiger partial charge in [0.05, 0.1) is 6.04 Å². The Morgan fingerprint density at radius 3 is 2.37 bits per heavy atom. The van der Waals surface area contributed by atoms with E-state index in [-0.39, 0.29) is 24.8 Å². The lowest BCUT2D eigenvalue weighted by Crippen LogP contribution is -2.29. The molecule has 0 aliphatic rings. The van der Waals surface area contributed by atoms with Crippen molar-refractivity contribution >= 4 is 23.5 Å². The third kappa shape index (κ3) is 4.91. The van der Waals surface area contributed by atoms with Crippen molar-refractivity contribution in [2.45, 2.75) is 32.2 Å². The fourth-order valence-electron chi connectivity index (χ4n) is 1.75. The first-order valence-corrected chi connectivity index (χ1v) is 6.52. The fraction of sp³-hybridized carbons (Fsp3) is 0.429. The molecule has 1 atom stereocenters. The van der Waals surface area contributed by atoms with Gasteiger partial charge in [-0.25, -0.2) is 0 Å². The highest BCUT2D eigenvalue weighted by Crippen LogP contribution is 2.21. The summed E-state index contributed by atoms with van der Waals surface area (Å²) in [6.45, 7) is 1.93. The van der Waals surface area contributed by atoms with Crippen LogP contribution in [0.5, 0.6) is 0 Å². The van der Waals surface area contributed by atoms with Crippen molar-refractivity contribution in [1.29, 1.82) is 0 Å². The molecule has 4 nitrogen and oxygen atoms in total. The van der Waals surface area contributed by atoms with Gasteiger partial charge in [-0.05, 0) is 31.0 Å². The number of amides is 1. The molecule has 5 heteroatoms. The Balaban J connectivity index is 2.56. The first kappa shape index (κ1) is 15.5. The van der Waals surface area contributed by atoms with E-state index in [1.807, 2.05) is 19.1 Å². The SMILES string of the molecule is CC(c1ccc(Cl)cc1)N(C)C(=O)CCCC(=O)O. The van der Waals surface area contributed by atoms with Gasteiger partial charge in [-0.15, -0.1) is 0 Å². The number of halogens is 1. The number of benzene rings is 1. The average molecular weight is 284 g/mol. The van der Waals surface area contributed by atoms with Crippen LogP contribution in [-0.2, 0) is 9.59 Å². The standard InChI is InChI=1S/C14H18ClNO3/c1-10(11-6-8-12(15)9-7-11)16(2)13(17)4-3-5-14(18)19/h6-10H,3-5H2,1-2H3,(H,18,19). The van der Waals surface area contributed by atoms with Gasteiger partial charge in [0.2, 0.25) is 5.91 Å². The molecule has 1 N–H and O–H groups in total. The summed E-state index contributed by atoms with van der Waals surface area (Å²) in [7, 11) is 1.72. The second-order valence-electron chi connectivity index (χ2n) is 4.48. The molecule has 0 saturated heterocycles. The number of nitrogens with zero attached hydrogens (tertiary/aromatic N) is 1. The van der Waals surface area contributed by atoms with Crippen LogP contribution >= 0.6 is 11.6 Å². The van der Waals surface area contributed by atoms with Crippen LogP contribution in [0.4, 0.5) is 0 Å². The van der Waals surface area contributed by atoms with Gasteiger partial charge in [0, 0.05) is 24.9 Å². The van der Waals surface area contributed by atoms with Crippen molar-refractivity contribution < 1.29 is 14.7 Å². The van der Waals surface area contributed by atoms with Gasteiger partial charge in [-0.1, -0.05) is 23.7 Å². The minimum atomic E-state index is -0.874. The van der Waals surface area contributed by atoms with E-state index in [0.29, 0.717) is 11.4 Å². The summed E-state index contributed by atoms with van der Waals surface area (Å²) < 4.78 is 0. The molecule has 0 aliphatic heterocycles. The largest absolute Gasteiger partial charge is 0.481 e. The van der Waals surface area contributed by atoms with Crippen molar-refractivity contribution in [3.8, 4) is 0 Å². The van der Waals surface area contributed by atoms with Gasteiger partial charge in [-0.2, -0.15) is 0 Å². The minimum Gasteiger partial charge on any atom is -0.481 e. The fourth-order valence-corrected chi connectivity index (χ4v) is 1.87. The Morgan fingerprint density at radius 1 is 1.26 bits per heavy atom. The number of carboxylic acid groups (broad SMARTS) is 1. The monoisotopic (exact) mass is 283 g/mol. The molecule has 1 rings (SSSR count). The summed E-state index contributed by atoms with van der Waals surface area (Å²) in [6.07, 6.45) is 0.640. The third-order valence-corrected chi connectivity index (χ3v) is 3.36. The zero-order valence-corrected chi connectivity index (χ0v) is 11.9. The smallest absolute Gasteiger partial charge is 0.303 e. The van der Waals surface area contributed by atoms with E-state index in [0.717, 1.165) is 5.56 Å². The van der Waals surface area contributed by atoms with Gasteiger partial charge in [-0.3, -0.25) is 9.59 Å². The van der Waals surface area contributed by atoms with E-state index in [4.69, 9.17) is 16.7 Å². The number of hydrogen-bond acceptors (Lipinski definition) is 2. The van der Waals surface area contributed by atoms with E-state index in [1.165, 1.54) is 0 Å². The van der Waals surface area contributed by atoms with Crippen LogP contribution in [0.2, 0.25) is 5.02 Å². The van der Waals surface area contributed by atoms with Crippen molar-refractivity contribution in [3.05, 3.63) is 34.9 Å². The molecule has 1 amide bonds. The number of carboxylic acids is 1. The summed E-state index contributed by atoms with van der Waals surface area (Å²) in [6, 6.07) is 7.28. The topological polar surface area (TPSA) is 57.6 Å². The van der Waals surface area contributed by atoms with E-state index < -0.39 is 5.97 Å². The average Bonchev–Trinajstić information content (AvgIpc) is 2.37. The lowest BCUT2D eigenvalue weighted by atomic mass is 10.1. The van der Waals surface area contributed by atoms with Crippen LogP contribution < -0.4 is 0 Å². The van der Waals surface area contributed by atoms with E-state index in [9.17, 15) is 9.59 Å². The maximum absolute atomic E-state index is 11.9. The normalized spacial score (nSPS) is 11.9. The summed E-state index contributed by atoms with van der Waals surface area (Å²) in [5, 5.41) is 9.20. The molecule has 1 aromatic rings. The number of hydrogen-bond donors (Lipinski definition) is 1. The van der Waals surface area contributed by atoms with E-state index in [2.05, 4.69) is 0 Å². The van der Waals surface area contributed by atoms with Crippen LogP contribution in [0.15, 0.2) is 24.3 Å². The summed E-state index contributed by atoms with van der Waals surface area (Å²) in [5.41, 5.74) is 0.999. The molecule has 19 heavy (non-hydrogen) atoms. The second kappa shape index (κ2) is 7.14. The van der Waals surface area contributed by atoms with Crippen molar-refractivity contribution in [1.82, 2.24) is 4.90 Å². The molecule has 0 fully saturated rings. The molecule has 0 spiro atoms. The van der Waals surface area contributed by atoms with Gasteiger partial charge >= 0.3 is 5.97 Å². The van der Waals surface area contributed by atoms with Crippen LogP contribution in [0.25, 0.3) is 0 Å². The minimum absolute atomic E-state index is 0.0227. The van der Waals surface area contributed by atoms with Crippen LogP contribution in [0, 0.1) is 0 Å². The van der Waals surface area contributed by atoms with Crippen LogP contribution in [0.1, 0.15) is 37.8 Å². The lowest BCUT2D eigenvalue weighted by molar-refractivity contribution is -0.137. The highest BCUT2D eigenvalue weighted by molar-refractivity contribution is 6.30. The second-order valence-corrected chi connectivity index (χ2v) is 4.92. The summed E-state index contributed by atoms with van der Waals surface area (Å²) in [4.78, 5) is 23.9. The molecular weight excluding hydrogens is 266 g/mol. The Kier molecular flexibility index (Phi) is 5.83. The Labute approximate surface area is 118 Å². The number of carbonyl (C=O) groups is 2. The van der Waals surface area contributed by atoms with Crippen molar-refractivity contribution in [2.75, 3.05) is 7.05 Å². The molecule has 0 aliphatic carbocycles. The molecular formula is C14H18ClNO3. The Morgan fingerprint density at radius 2 is 1.84 bits per heavy atom. The molecule has 0 radical (unpaired) electrons. The van der Waals surface area contributed by atoms with E-state index >= 15 is 0 Å². The first-order chi connectivity index (χ1) is 8.91. The van der Waals surface area contributed by atoms with Gasteiger partial charge < -0.3 is 10.0 Å². The maximum Gasteiger partial charge on any atom is 0.303 e. The third-order valence-electron chi connectivity index (χ3n) is 3.11. The molecule has 0 saturated carbocycles. The Hall–Kier alpha value is -1.55. The molecule has 104 valence electrons. The lowest BCUT2D eigenvalue weighted by Gasteiger charge is -2.25. The molecule has 0 heterocycles. The predicted molar refractivity (Wildman–Crippen MR) is 74.1 cm³/mol. The molecule has 0 aromatic heterocycles. The highest BCUT2D eigenvalue weighted by Gasteiger charge is 2.17. The van der Waals surface area contributed by atoms with Gasteiger partial charge in [0.1, 0.15) is 0 Å². The number of carbonyl (C=O) groups excluding carboxylic acids is 1. The zero-order valence-electron chi connectivity index (χ0n) is 11.1. The van der Waals surface area contributed by atoms with Crippen LogP contribution in [-0.4, -0.2) is 28.9 Å². The van der Waals surface area contributed by atoms with Crippen LogP contribution in [0.3, 0.4) is 0 Å². The maximum atomic E-state index is 11.9. The van der Waals surface area contributed by atoms with E-state index in [1.54, 1.807) is 24.1 Å². The Bertz CT molecular complexity index is 445. The zero-order chi connectivity index (χ0) is 14.4. The summed E-state index contributed by atoms with van der Waals surface area (Å²) >= 11 is 5.82. The van der Waals surface area contributed by atoms with Crippen molar-refractivity contribution in [3.63, 3.8) is 0 Å². The number of aliphatic carboxylic acids is 1. The quantitative estimate of drug-likeness (QED) is 0.873. The molecule has 1 aromatic carbocycles. The van der Waals surface area contributed by atoms with Gasteiger partial charge in [0.15, 0.2) is 0 Å². The highest BCUT2D eigenvalue weighted by atomic mass is 35.5. The number of rotatable bonds is 6. The van der Waals surface area contributed by atoms with Crippen molar-refractivity contribution in [2.24, 2.45) is 0 Å². The molecule has 1 unspecified atom stereocenters. The summed E-state index contributed by atoms with van der Waals surface area (Å²) in [5.74, 6) is -0.926. The first-order valence-electron chi connectivity index (χ1n) is 6.14.